The van der Waals surface area contributed by atoms with E-state index in [1.165, 1.54) is 0 Å². The number of nitrogens with one attached hydrogen (secondary N) is 1. The van der Waals surface area contributed by atoms with Gasteiger partial charge in [0.1, 0.15) is 0 Å². The molecule has 19 heavy (non-hydrogen) atoms. The molecular formula is C14H20N2O3. The summed E-state index contributed by atoms with van der Waals surface area (Å²) in [4.78, 5) is 15.6. The van der Waals surface area contributed by atoms with Crippen LogP contribution in [0.4, 0.5) is 0 Å². The van der Waals surface area contributed by atoms with Crippen molar-refractivity contribution >= 4 is 5.91 Å². The van der Waals surface area contributed by atoms with Crippen LogP contribution < -0.4 is 5.32 Å². The average molecular weight is 264 g/mol. The van der Waals surface area contributed by atoms with Crippen LogP contribution in [0, 0.1) is 0 Å². The number of amides is 1. The van der Waals surface area contributed by atoms with Crippen molar-refractivity contribution in [3.05, 3.63) is 30.1 Å². The van der Waals surface area contributed by atoms with Gasteiger partial charge in [0.05, 0.1) is 12.7 Å². The lowest BCUT2D eigenvalue weighted by Crippen LogP contribution is -2.25. The van der Waals surface area contributed by atoms with Crippen molar-refractivity contribution < 1.29 is 14.3 Å². The van der Waals surface area contributed by atoms with Gasteiger partial charge in [-0.25, -0.2) is 0 Å². The number of rotatable bonds is 7. The highest BCUT2D eigenvalue weighted by Gasteiger charge is 2.14. The molecule has 1 atom stereocenters. The maximum atomic E-state index is 11.7. The summed E-state index contributed by atoms with van der Waals surface area (Å²) in [5.41, 5.74) is 0.635. The minimum Gasteiger partial charge on any atom is -0.379 e. The number of carbonyl (C=O) groups is 1. The van der Waals surface area contributed by atoms with E-state index in [-0.39, 0.29) is 12.0 Å². The minimum atomic E-state index is -0.0680. The predicted octanol–water partition coefficient (Wildman–Crippen LogP) is 1.40. The molecule has 1 aromatic rings. The van der Waals surface area contributed by atoms with Gasteiger partial charge < -0.3 is 14.8 Å². The minimum absolute atomic E-state index is 0.0680. The zero-order valence-electron chi connectivity index (χ0n) is 11.0. The number of ether oxygens (including phenoxy) is 2. The summed E-state index contributed by atoms with van der Waals surface area (Å²) in [6.07, 6.45) is 6.53. The molecule has 1 fully saturated rings. The monoisotopic (exact) mass is 264 g/mol. The van der Waals surface area contributed by atoms with Crippen LogP contribution in [0.2, 0.25) is 0 Å². The molecule has 2 heterocycles. The van der Waals surface area contributed by atoms with E-state index in [0.29, 0.717) is 25.3 Å². The Balaban J connectivity index is 1.51. The Morgan fingerprint density at radius 3 is 3.05 bits per heavy atom. The Morgan fingerprint density at radius 2 is 2.32 bits per heavy atom. The van der Waals surface area contributed by atoms with Gasteiger partial charge in [-0.2, -0.15) is 0 Å². The molecule has 1 N–H and O–H groups in total. The second-order valence-corrected chi connectivity index (χ2v) is 4.56. The van der Waals surface area contributed by atoms with Crippen LogP contribution in [0.25, 0.3) is 0 Å². The topological polar surface area (TPSA) is 60.5 Å². The van der Waals surface area contributed by atoms with Gasteiger partial charge in [-0.15, -0.1) is 0 Å². The van der Waals surface area contributed by atoms with Crippen LogP contribution >= 0.6 is 0 Å². The van der Waals surface area contributed by atoms with Crippen LogP contribution in [0.3, 0.4) is 0 Å². The molecule has 0 spiro atoms. The van der Waals surface area contributed by atoms with Crippen LogP contribution in [-0.2, 0) is 9.47 Å². The zero-order chi connectivity index (χ0) is 13.3. The van der Waals surface area contributed by atoms with Crippen LogP contribution in [0.1, 0.15) is 29.6 Å². The van der Waals surface area contributed by atoms with Crippen molar-refractivity contribution in [3.8, 4) is 0 Å². The fraction of sp³-hybridized carbons (Fsp3) is 0.571. The number of carbonyl (C=O) groups excluding carboxylic acids is 1. The molecule has 1 aromatic heterocycles. The number of nitrogens with zero attached hydrogens (tertiary/aromatic N) is 1. The first-order chi connectivity index (χ1) is 9.36. The summed E-state index contributed by atoms with van der Waals surface area (Å²) in [6.45, 7) is 2.79. The molecule has 0 aliphatic carbocycles. The molecule has 0 bridgehead atoms. The molecule has 5 nitrogen and oxygen atoms in total. The van der Waals surface area contributed by atoms with Crippen LogP contribution in [0.5, 0.6) is 0 Å². The molecule has 0 aromatic carbocycles. The standard InChI is InChI=1S/C14H20N2O3/c17-14(12-4-7-15-8-5-12)16-6-2-9-18-11-13-3-1-10-19-13/h4-5,7-8,13H,1-3,6,9-11H2,(H,16,17)/t13-/m0/s1. The lowest BCUT2D eigenvalue weighted by Gasteiger charge is -2.10. The van der Waals surface area contributed by atoms with Crippen molar-refractivity contribution in [1.82, 2.24) is 10.3 Å². The van der Waals surface area contributed by atoms with Gasteiger partial charge in [0.15, 0.2) is 0 Å². The summed E-state index contributed by atoms with van der Waals surface area (Å²) >= 11 is 0. The summed E-state index contributed by atoms with van der Waals surface area (Å²) in [7, 11) is 0. The number of hydrogen-bond acceptors (Lipinski definition) is 4. The summed E-state index contributed by atoms with van der Waals surface area (Å²) < 4.78 is 11.0. The number of aromatic nitrogens is 1. The highest BCUT2D eigenvalue weighted by Crippen LogP contribution is 2.11. The van der Waals surface area contributed by atoms with Gasteiger partial charge in [-0.05, 0) is 31.4 Å². The number of hydrogen-bond donors (Lipinski definition) is 1. The maximum absolute atomic E-state index is 11.7. The Kier molecular flexibility index (Phi) is 5.78. The number of pyridine rings is 1. The zero-order valence-corrected chi connectivity index (χ0v) is 11.0. The van der Waals surface area contributed by atoms with Gasteiger partial charge in [-0.3, -0.25) is 9.78 Å². The van der Waals surface area contributed by atoms with Crippen molar-refractivity contribution in [1.29, 1.82) is 0 Å². The molecule has 0 unspecified atom stereocenters. The molecule has 104 valence electrons. The maximum Gasteiger partial charge on any atom is 0.251 e. The second-order valence-electron chi connectivity index (χ2n) is 4.56. The van der Waals surface area contributed by atoms with Crippen molar-refractivity contribution in [2.24, 2.45) is 0 Å². The van der Waals surface area contributed by atoms with E-state index in [1.54, 1.807) is 24.5 Å². The highest BCUT2D eigenvalue weighted by molar-refractivity contribution is 5.93. The first kappa shape index (κ1) is 14.0. The Labute approximate surface area is 113 Å². The van der Waals surface area contributed by atoms with Gasteiger partial charge in [0.2, 0.25) is 0 Å². The molecule has 1 aliphatic heterocycles. The van der Waals surface area contributed by atoms with Crippen LogP contribution in [0.15, 0.2) is 24.5 Å². The summed E-state index contributed by atoms with van der Waals surface area (Å²) in [6, 6.07) is 3.40. The van der Waals surface area contributed by atoms with Crippen LogP contribution in [-0.4, -0.2) is 43.4 Å². The Bertz CT molecular complexity index is 378. The Morgan fingerprint density at radius 1 is 1.47 bits per heavy atom. The fourth-order valence-corrected chi connectivity index (χ4v) is 1.97. The molecule has 5 heteroatoms. The van der Waals surface area contributed by atoms with E-state index >= 15 is 0 Å². The van der Waals surface area contributed by atoms with E-state index in [1.807, 2.05) is 0 Å². The highest BCUT2D eigenvalue weighted by atomic mass is 16.5. The van der Waals surface area contributed by atoms with Crippen molar-refractivity contribution in [2.75, 3.05) is 26.4 Å². The molecule has 1 aliphatic rings. The first-order valence-corrected chi connectivity index (χ1v) is 6.74. The first-order valence-electron chi connectivity index (χ1n) is 6.74. The molecule has 0 saturated carbocycles. The van der Waals surface area contributed by atoms with Crippen molar-refractivity contribution in [2.45, 2.75) is 25.4 Å². The van der Waals surface area contributed by atoms with Crippen molar-refractivity contribution in [3.63, 3.8) is 0 Å². The molecule has 0 radical (unpaired) electrons. The third-order valence-electron chi connectivity index (χ3n) is 3.02. The molecule has 1 amide bonds. The fourth-order valence-electron chi connectivity index (χ4n) is 1.97. The van der Waals surface area contributed by atoms with E-state index in [9.17, 15) is 4.79 Å². The molecular weight excluding hydrogens is 244 g/mol. The average Bonchev–Trinajstić information content (AvgIpc) is 2.96. The van der Waals surface area contributed by atoms with E-state index in [4.69, 9.17) is 9.47 Å². The normalized spacial score (nSPS) is 18.4. The summed E-state index contributed by atoms with van der Waals surface area (Å²) in [5, 5.41) is 2.85. The van der Waals surface area contributed by atoms with Gasteiger partial charge >= 0.3 is 0 Å². The predicted molar refractivity (Wildman–Crippen MR) is 71.0 cm³/mol. The third-order valence-corrected chi connectivity index (χ3v) is 3.02. The SMILES string of the molecule is O=C(NCCCOC[C@@H]1CCCO1)c1ccncc1. The van der Waals surface area contributed by atoms with E-state index in [0.717, 1.165) is 25.9 Å². The quantitative estimate of drug-likeness (QED) is 0.756. The van der Waals surface area contributed by atoms with Gasteiger partial charge in [0.25, 0.3) is 5.91 Å². The lowest BCUT2D eigenvalue weighted by molar-refractivity contribution is 0.0166. The molecule has 1 saturated heterocycles. The summed E-state index contributed by atoms with van der Waals surface area (Å²) in [5.74, 6) is -0.0680. The van der Waals surface area contributed by atoms with Gasteiger partial charge in [-0.1, -0.05) is 0 Å². The second kappa shape index (κ2) is 7.86. The lowest BCUT2D eigenvalue weighted by atomic mass is 10.2. The molecule has 2 rings (SSSR count). The smallest absolute Gasteiger partial charge is 0.251 e. The van der Waals surface area contributed by atoms with Gasteiger partial charge in [0, 0.05) is 37.7 Å². The van der Waals surface area contributed by atoms with E-state index in [2.05, 4.69) is 10.3 Å². The Hall–Kier alpha value is -1.46. The third kappa shape index (κ3) is 4.96. The largest absolute Gasteiger partial charge is 0.379 e. The van der Waals surface area contributed by atoms with E-state index < -0.39 is 0 Å².